The zero-order valence-corrected chi connectivity index (χ0v) is 20.4. The molecule has 0 aromatic heterocycles. The summed E-state index contributed by atoms with van der Waals surface area (Å²) in [6.45, 7) is 3.10. The number of aliphatic hydroxyl groups excluding tert-OH is 1. The molecule has 2 aliphatic carbocycles. The quantitative estimate of drug-likeness (QED) is 0.703. The van der Waals surface area contributed by atoms with Crippen LogP contribution in [0.15, 0.2) is 30.3 Å². The van der Waals surface area contributed by atoms with E-state index in [1.54, 1.807) is 0 Å². The predicted molar refractivity (Wildman–Crippen MR) is 129 cm³/mol. The molecule has 2 amide bonds. The van der Waals surface area contributed by atoms with Crippen molar-refractivity contribution in [2.75, 3.05) is 40.3 Å². The second kappa shape index (κ2) is 9.20. The van der Waals surface area contributed by atoms with E-state index in [0.29, 0.717) is 24.9 Å². The number of carbonyl (C=O) groups excluding carboxylic acids is 1. The maximum Gasteiger partial charge on any atom is 0.320 e. The van der Waals surface area contributed by atoms with Crippen molar-refractivity contribution in [3.8, 4) is 0 Å². The van der Waals surface area contributed by atoms with Crippen LogP contribution in [-0.4, -0.2) is 78.0 Å². The maximum atomic E-state index is 13.7. The molecule has 1 aromatic rings. The van der Waals surface area contributed by atoms with Gasteiger partial charge in [-0.3, -0.25) is 4.90 Å². The normalized spacial score (nSPS) is 35.5. The summed E-state index contributed by atoms with van der Waals surface area (Å²) in [6.07, 6.45) is 8.95. The Morgan fingerprint density at radius 2 is 1.76 bits per heavy atom. The molecule has 5 rings (SSSR count). The summed E-state index contributed by atoms with van der Waals surface area (Å²) in [4.78, 5) is 20.5. The lowest BCUT2D eigenvalue weighted by Gasteiger charge is -2.51. The second-order valence-corrected chi connectivity index (χ2v) is 11.3. The lowest BCUT2D eigenvalue weighted by atomic mass is 9.68. The van der Waals surface area contributed by atoms with Gasteiger partial charge in [0.05, 0.1) is 12.1 Å². The van der Waals surface area contributed by atoms with Crippen LogP contribution in [0.4, 0.5) is 4.79 Å². The fourth-order valence-electron chi connectivity index (χ4n) is 6.85. The molecule has 6 nitrogen and oxygen atoms in total. The molecule has 2 saturated heterocycles. The van der Waals surface area contributed by atoms with Crippen LogP contribution in [-0.2, 0) is 10.3 Å². The Hall–Kier alpha value is -1.63. The minimum Gasteiger partial charge on any atom is -0.368 e. The highest BCUT2D eigenvalue weighted by Crippen LogP contribution is 2.49. The SMILES string of the molecule is CN(C)C1(c2ccccc2)CCC2(CC1)CN(CC1CCOC(O)C1)C(=O)N2CC1CCC1. The fraction of sp³-hybridized carbons (Fsp3) is 0.741. The third-order valence-corrected chi connectivity index (χ3v) is 9.25. The number of nitrogens with zero attached hydrogens (tertiary/aromatic N) is 3. The molecule has 0 radical (unpaired) electrons. The van der Waals surface area contributed by atoms with Crippen molar-refractivity contribution in [2.45, 2.75) is 75.2 Å². The highest BCUT2D eigenvalue weighted by molar-refractivity contribution is 5.78. The molecule has 2 unspecified atom stereocenters. The van der Waals surface area contributed by atoms with Crippen molar-refractivity contribution >= 4 is 6.03 Å². The van der Waals surface area contributed by atoms with Crippen LogP contribution in [0.2, 0.25) is 0 Å². The molecule has 182 valence electrons. The van der Waals surface area contributed by atoms with Gasteiger partial charge in [-0.1, -0.05) is 36.8 Å². The average molecular weight is 456 g/mol. The summed E-state index contributed by atoms with van der Waals surface area (Å²) in [7, 11) is 4.42. The van der Waals surface area contributed by atoms with Gasteiger partial charge in [0.15, 0.2) is 6.29 Å². The molecule has 2 heterocycles. The number of carbonyl (C=O) groups is 1. The first-order valence-corrected chi connectivity index (χ1v) is 13.0. The summed E-state index contributed by atoms with van der Waals surface area (Å²) in [6, 6.07) is 11.2. The largest absolute Gasteiger partial charge is 0.368 e. The van der Waals surface area contributed by atoms with Crippen molar-refractivity contribution in [1.29, 1.82) is 0 Å². The standard InChI is InChI=1S/C27H41N3O3/c1-28(2)27(23-9-4-3-5-10-23)14-12-26(13-15-27)20-29(18-22-11-16-33-24(31)17-22)25(32)30(26)19-21-7-6-8-21/h3-5,9-10,21-22,24,31H,6-8,11-20H2,1-2H3. The Morgan fingerprint density at radius 3 is 2.36 bits per heavy atom. The van der Waals surface area contributed by atoms with Gasteiger partial charge in [0.25, 0.3) is 0 Å². The lowest BCUT2D eigenvalue weighted by molar-refractivity contribution is -0.139. The van der Waals surface area contributed by atoms with E-state index < -0.39 is 6.29 Å². The Kier molecular flexibility index (Phi) is 6.45. The summed E-state index contributed by atoms with van der Waals surface area (Å²) in [5.74, 6) is 0.998. The maximum absolute atomic E-state index is 13.7. The molecule has 1 aromatic carbocycles. The van der Waals surface area contributed by atoms with Crippen molar-refractivity contribution in [2.24, 2.45) is 11.8 Å². The molecule has 4 fully saturated rings. The fourth-order valence-corrected chi connectivity index (χ4v) is 6.85. The Morgan fingerprint density at radius 1 is 1.03 bits per heavy atom. The van der Waals surface area contributed by atoms with Crippen molar-refractivity contribution in [3.05, 3.63) is 35.9 Å². The molecule has 33 heavy (non-hydrogen) atoms. The first kappa shape index (κ1) is 23.1. The summed E-state index contributed by atoms with van der Waals surface area (Å²) < 4.78 is 5.33. The van der Waals surface area contributed by atoms with Gasteiger partial charge >= 0.3 is 6.03 Å². The number of ether oxygens (including phenoxy) is 1. The van der Waals surface area contributed by atoms with Gasteiger partial charge in [0.2, 0.25) is 0 Å². The molecule has 0 bridgehead atoms. The zero-order chi connectivity index (χ0) is 23.1. The molecule has 4 aliphatic rings. The van der Waals surface area contributed by atoms with Crippen LogP contribution in [0, 0.1) is 11.8 Å². The van der Waals surface area contributed by atoms with E-state index in [0.717, 1.165) is 51.7 Å². The van der Waals surface area contributed by atoms with E-state index in [9.17, 15) is 9.90 Å². The van der Waals surface area contributed by atoms with Gasteiger partial charge in [0.1, 0.15) is 0 Å². The Balaban J connectivity index is 1.36. The third kappa shape index (κ3) is 4.30. The number of urea groups is 1. The van der Waals surface area contributed by atoms with Crippen molar-refractivity contribution in [3.63, 3.8) is 0 Å². The van der Waals surface area contributed by atoms with Gasteiger partial charge < -0.3 is 19.6 Å². The first-order chi connectivity index (χ1) is 15.9. The summed E-state index contributed by atoms with van der Waals surface area (Å²) >= 11 is 0. The zero-order valence-electron chi connectivity index (χ0n) is 20.4. The van der Waals surface area contributed by atoms with Crippen LogP contribution in [0.1, 0.15) is 63.4 Å². The molecule has 2 atom stereocenters. The van der Waals surface area contributed by atoms with E-state index in [1.807, 2.05) is 0 Å². The van der Waals surface area contributed by atoms with Crippen molar-refractivity contribution < 1.29 is 14.6 Å². The molecule has 2 aliphatic heterocycles. The second-order valence-electron chi connectivity index (χ2n) is 11.3. The molecule has 1 spiro atoms. The molecule has 1 N–H and O–H groups in total. The van der Waals surface area contributed by atoms with Crippen LogP contribution in [0.5, 0.6) is 0 Å². The Bertz CT molecular complexity index is 817. The minimum atomic E-state index is -0.678. The predicted octanol–water partition coefficient (Wildman–Crippen LogP) is 4.04. The highest BCUT2D eigenvalue weighted by atomic mass is 16.6. The third-order valence-electron chi connectivity index (χ3n) is 9.25. The number of hydrogen-bond acceptors (Lipinski definition) is 4. The monoisotopic (exact) mass is 455 g/mol. The van der Waals surface area contributed by atoms with Gasteiger partial charge in [0, 0.05) is 31.6 Å². The molecule has 2 saturated carbocycles. The van der Waals surface area contributed by atoms with E-state index >= 15 is 0 Å². The first-order valence-electron chi connectivity index (χ1n) is 13.0. The van der Waals surface area contributed by atoms with E-state index in [4.69, 9.17) is 4.74 Å². The van der Waals surface area contributed by atoms with Crippen molar-refractivity contribution in [1.82, 2.24) is 14.7 Å². The van der Waals surface area contributed by atoms with Gasteiger partial charge in [-0.05, 0) is 76.4 Å². The number of rotatable bonds is 6. The van der Waals surface area contributed by atoms with Crippen LogP contribution < -0.4 is 0 Å². The average Bonchev–Trinajstić information content (AvgIpc) is 3.02. The van der Waals surface area contributed by atoms with Gasteiger partial charge in [-0.2, -0.15) is 0 Å². The van der Waals surface area contributed by atoms with E-state index in [2.05, 4.69) is 59.1 Å². The topological polar surface area (TPSA) is 56.2 Å². The molecular weight excluding hydrogens is 414 g/mol. The minimum absolute atomic E-state index is 0.0376. The molecular formula is C27H41N3O3. The van der Waals surface area contributed by atoms with E-state index in [-0.39, 0.29) is 17.1 Å². The van der Waals surface area contributed by atoms with Gasteiger partial charge in [-0.15, -0.1) is 0 Å². The summed E-state index contributed by atoms with van der Waals surface area (Å²) in [5.41, 5.74) is 1.38. The number of hydrogen-bond donors (Lipinski definition) is 1. The number of benzene rings is 1. The molecule has 6 heteroatoms. The van der Waals surface area contributed by atoms with Gasteiger partial charge in [-0.25, -0.2) is 4.79 Å². The van der Waals surface area contributed by atoms with Crippen LogP contribution >= 0.6 is 0 Å². The smallest absolute Gasteiger partial charge is 0.320 e. The Labute approximate surface area is 198 Å². The van der Waals surface area contributed by atoms with Crippen LogP contribution in [0.3, 0.4) is 0 Å². The summed E-state index contributed by atoms with van der Waals surface area (Å²) in [5, 5.41) is 9.95. The lowest BCUT2D eigenvalue weighted by Crippen LogP contribution is -2.56. The number of aliphatic hydroxyl groups is 1. The highest BCUT2D eigenvalue weighted by Gasteiger charge is 2.55. The number of amides is 2. The van der Waals surface area contributed by atoms with Crippen LogP contribution in [0.25, 0.3) is 0 Å². The van der Waals surface area contributed by atoms with E-state index in [1.165, 1.54) is 24.8 Å².